The van der Waals surface area contributed by atoms with Crippen LogP contribution < -0.4 is 5.43 Å². The highest BCUT2D eigenvalue weighted by Gasteiger charge is 2.24. The standard InChI is InChI=1S/C20H22ClN3O2/c21-18-6-4-15(5-7-18)14-24-10-8-17(9-11-24)20(26)23-22-13-16-2-1-3-19(25)12-16/h1-7,12-13,17,25H,8-11,14H2,(H,23,26)/b22-13-. The van der Waals surface area contributed by atoms with Crippen LogP contribution >= 0.6 is 11.6 Å². The van der Waals surface area contributed by atoms with Crippen LogP contribution in [-0.4, -0.2) is 35.2 Å². The molecule has 1 amide bonds. The Bertz CT molecular complexity index is 769. The molecule has 0 atom stereocenters. The van der Waals surface area contributed by atoms with Crippen molar-refractivity contribution in [2.75, 3.05) is 13.1 Å². The number of nitrogens with one attached hydrogen (secondary N) is 1. The van der Waals surface area contributed by atoms with E-state index in [0.29, 0.717) is 0 Å². The molecule has 1 heterocycles. The lowest BCUT2D eigenvalue weighted by atomic mass is 9.96. The van der Waals surface area contributed by atoms with Crippen molar-refractivity contribution in [3.05, 3.63) is 64.7 Å². The third kappa shape index (κ3) is 5.31. The molecule has 1 saturated heterocycles. The smallest absolute Gasteiger partial charge is 0.243 e. The first-order chi connectivity index (χ1) is 12.6. The van der Waals surface area contributed by atoms with Crippen LogP contribution in [0.1, 0.15) is 24.0 Å². The highest BCUT2D eigenvalue weighted by Crippen LogP contribution is 2.20. The normalized spacial score (nSPS) is 16.0. The molecule has 2 aromatic rings. The van der Waals surface area contributed by atoms with Gasteiger partial charge in [-0.25, -0.2) is 5.43 Å². The lowest BCUT2D eigenvalue weighted by Crippen LogP contribution is -2.39. The number of rotatable bonds is 5. The van der Waals surface area contributed by atoms with Crippen LogP contribution in [0.2, 0.25) is 5.02 Å². The van der Waals surface area contributed by atoms with Crippen LogP contribution in [0.15, 0.2) is 53.6 Å². The van der Waals surface area contributed by atoms with Gasteiger partial charge in [0, 0.05) is 17.5 Å². The number of piperidine rings is 1. The van der Waals surface area contributed by atoms with E-state index >= 15 is 0 Å². The summed E-state index contributed by atoms with van der Waals surface area (Å²) >= 11 is 5.91. The Labute approximate surface area is 158 Å². The minimum absolute atomic E-state index is 0.0159. The number of hydrazone groups is 1. The van der Waals surface area contributed by atoms with Crippen molar-refractivity contribution < 1.29 is 9.90 Å². The first kappa shape index (κ1) is 18.4. The van der Waals surface area contributed by atoms with E-state index in [4.69, 9.17) is 11.6 Å². The zero-order valence-electron chi connectivity index (χ0n) is 14.4. The van der Waals surface area contributed by atoms with Crippen molar-refractivity contribution in [1.82, 2.24) is 10.3 Å². The zero-order valence-corrected chi connectivity index (χ0v) is 15.2. The molecule has 0 spiro atoms. The van der Waals surface area contributed by atoms with Crippen LogP contribution in [-0.2, 0) is 11.3 Å². The number of hydrogen-bond acceptors (Lipinski definition) is 4. The number of carbonyl (C=O) groups excluding carboxylic acids is 1. The van der Waals surface area contributed by atoms with Gasteiger partial charge in [-0.3, -0.25) is 9.69 Å². The van der Waals surface area contributed by atoms with Gasteiger partial charge in [-0.1, -0.05) is 35.9 Å². The number of carbonyl (C=O) groups is 1. The van der Waals surface area contributed by atoms with Gasteiger partial charge in [0.25, 0.3) is 0 Å². The molecule has 3 rings (SSSR count). The molecule has 2 N–H and O–H groups in total. The predicted octanol–water partition coefficient (Wildman–Crippen LogP) is 3.41. The molecular weight excluding hydrogens is 350 g/mol. The highest BCUT2D eigenvalue weighted by molar-refractivity contribution is 6.30. The second-order valence-corrected chi connectivity index (χ2v) is 6.94. The van der Waals surface area contributed by atoms with Gasteiger partial charge in [0.2, 0.25) is 5.91 Å². The van der Waals surface area contributed by atoms with Gasteiger partial charge in [-0.2, -0.15) is 5.10 Å². The van der Waals surface area contributed by atoms with Crippen molar-refractivity contribution in [3.63, 3.8) is 0 Å². The third-order valence-electron chi connectivity index (χ3n) is 4.54. The van der Waals surface area contributed by atoms with E-state index in [-0.39, 0.29) is 17.6 Å². The summed E-state index contributed by atoms with van der Waals surface area (Å²) in [7, 11) is 0. The highest BCUT2D eigenvalue weighted by atomic mass is 35.5. The first-order valence-corrected chi connectivity index (χ1v) is 9.07. The van der Waals surface area contributed by atoms with Crippen LogP contribution in [0.3, 0.4) is 0 Å². The van der Waals surface area contributed by atoms with Crippen molar-refractivity contribution in [2.45, 2.75) is 19.4 Å². The van der Waals surface area contributed by atoms with E-state index in [1.165, 1.54) is 11.8 Å². The largest absolute Gasteiger partial charge is 0.508 e. The summed E-state index contributed by atoms with van der Waals surface area (Å²) in [5.74, 6) is 0.110. The fourth-order valence-corrected chi connectivity index (χ4v) is 3.19. The number of halogens is 1. The summed E-state index contributed by atoms with van der Waals surface area (Å²) in [6.45, 7) is 2.65. The average Bonchev–Trinajstić information content (AvgIpc) is 2.64. The Morgan fingerprint density at radius 3 is 2.65 bits per heavy atom. The van der Waals surface area contributed by atoms with E-state index in [9.17, 15) is 9.90 Å². The molecule has 5 nitrogen and oxygen atoms in total. The minimum atomic E-state index is -0.0486. The summed E-state index contributed by atoms with van der Waals surface area (Å²) < 4.78 is 0. The Kier molecular flexibility index (Phi) is 6.26. The predicted molar refractivity (Wildman–Crippen MR) is 103 cm³/mol. The average molecular weight is 372 g/mol. The van der Waals surface area contributed by atoms with Crippen molar-refractivity contribution in [1.29, 1.82) is 0 Å². The molecule has 0 aliphatic carbocycles. The summed E-state index contributed by atoms with van der Waals surface area (Å²) in [4.78, 5) is 14.6. The number of phenolic OH excluding ortho intramolecular Hbond substituents is 1. The fourth-order valence-electron chi connectivity index (χ4n) is 3.07. The van der Waals surface area contributed by atoms with E-state index in [1.54, 1.807) is 18.2 Å². The summed E-state index contributed by atoms with van der Waals surface area (Å²) in [6, 6.07) is 14.6. The third-order valence-corrected chi connectivity index (χ3v) is 4.79. The molecule has 1 aliphatic heterocycles. The Balaban J connectivity index is 1.43. The molecule has 0 saturated carbocycles. The van der Waals surface area contributed by atoms with Crippen LogP contribution in [0.4, 0.5) is 0 Å². The van der Waals surface area contributed by atoms with Crippen molar-refractivity contribution >= 4 is 23.7 Å². The van der Waals surface area contributed by atoms with Gasteiger partial charge in [0.15, 0.2) is 0 Å². The molecular formula is C20H22ClN3O2. The van der Waals surface area contributed by atoms with Gasteiger partial charge < -0.3 is 5.11 Å². The molecule has 136 valence electrons. The molecule has 0 aromatic heterocycles. The summed E-state index contributed by atoms with van der Waals surface area (Å²) in [5, 5.41) is 14.1. The van der Waals surface area contributed by atoms with E-state index < -0.39 is 0 Å². The second-order valence-electron chi connectivity index (χ2n) is 6.51. The van der Waals surface area contributed by atoms with Crippen LogP contribution in [0, 0.1) is 5.92 Å². The Morgan fingerprint density at radius 1 is 1.23 bits per heavy atom. The maximum absolute atomic E-state index is 12.3. The molecule has 26 heavy (non-hydrogen) atoms. The molecule has 0 bridgehead atoms. The monoisotopic (exact) mass is 371 g/mol. The molecule has 1 fully saturated rings. The topological polar surface area (TPSA) is 64.9 Å². The summed E-state index contributed by atoms with van der Waals surface area (Å²) in [5.41, 5.74) is 4.58. The Morgan fingerprint density at radius 2 is 1.96 bits per heavy atom. The summed E-state index contributed by atoms with van der Waals surface area (Å²) in [6.07, 6.45) is 3.18. The quantitative estimate of drug-likeness (QED) is 0.625. The van der Waals surface area contributed by atoms with Crippen molar-refractivity contribution in [3.8, 4) is 5.75 Å². The lowest BCUT2D eigenvalue weighted by molar-refractivity contribution is -0.126. The first-order valence-electron chi connectivity index (χ1n) is 8.69. The SMILES string of the molecule is O=C(N/N=C\c1cccc(O)c1)C1CCN(Cc2ccc(Cl)cc2)CC1. The minimum Gasteiger partial charge on any atom is -0.508 e. The molecule has 2 aromatic carbocycles. The number of aromatic hydroxyl groups is 1. The maximum Gasteiger partial charge on any atom is 0.243 e. The van der Waals surface area contributed by atoms with E-state index in [1.807, 2.05) is 30.3 Å². The van der Waals surface area contributed by atoms with Gasteiger partial charge in [0.05, 0.1) is 6.21 Å². The Hall–Kier alpha value is -2.37. The van der Waals surface area contributed by atoms with Gasteiger partial charge in [-0.05, 0) is 61.3 Å². The second kappa shape index (κ2) is 8.83. The lowest BCUT2D eigenvalue weighted by Gasteiger charge is -2.30. The molecule has 6 heteroatoms. The molecule has 0 unspecified atom stereocenters. The number of benzene rings is 2. The number of nitrogens with zero attached hydrogens (tertiary/aromatic N) is 2. The van der Waals surface area contributed by atoms with E-state index in [2.05, 4.69) is 15.4 Å². The van der Waals surface area contributed by atoms with Gasteiger partial charge in [0.1, 0.15) is 5.75 Å². The maximum atomic E-state index is 12.3. The van der Waals surface area contributed by atoms with Gasteiger partial charge >= 0.3 is 0 Å². The number of amides is 1. The zero-order chi connectivity index (χ0) is 18.4. The number of hydrogen-bond donors (Lipinski definition) is 2. The van der Waals surface area contributed by atoms with Crippen molar-refractivity contribution in [2.24, 2.45) is 11.0 Å². The number of phenols is 1. The van der Waals surface area contributed by atoms with E-state index in [0.717, 1.165) is 43.1 Å². The number of likely N-dealkylation sites (tertiary alicyclic amines) is 1. The van der Waals surface area contributed by atoms with Crippen LogP contribution in [0.25, 0.3) is 0 Å². The van der Waals surface area contributed by atoms with Crippen LogP contribution in [0.5, 0.6) is 5.75 Å². The molecule has 0 radical (unpaired) electrons. The van der Waals surface area contributed by atoms with Gasteiger partial charge in [-0.15, -0.1) is 0 Å². The molecule has 1 aliphatic rings. The fraction of sp³-hybridized carbons (Fsp3) is 0.300.